The number of fused-ring (bicyclic) bond motifs is 2. The molecule has 190 valence electrons. The number of hydrogen-bond acceptors (Lipinski definition) is 6. The number of benzene rings is 2. The molecule has 1 atom stereocenters. The first-order chi connectivity index (χ1) is 17.8. The van der Waals surface area contributed by atoms with E-state index in [1.165, 1.54) is 15.9 Å². The Hall–Kier alpha value is -3.98. The van der Waals surface area contributed by atoms with Crippen LogP contribution in [0.1, 0.15) is 43.5 Å². The van der Waals surface area contributed by atoms with Crippen LogP contribution in [0, 0.1) is 6.92 Å². The molecule has 0 saturated heterocycles. The number of hydrogen-bond donors (Lipinski definition) is 1. The molecule has 0 radical (unpaired) electrons. The number of anilines is 1. The Morgan fingerprint density at radius 2 is 1.86 bits per heavy atom. The van der Waals surface area contributed by atoms with Gasteiger partial charge in [0, 0.05) is 29.9 Å². The minimum absolute atomic E-state index is 0.181. The molecule has 2 aliphatic rings. The van der Waals surface area contributed by atoms with Crippen LogP contribution >= 0.6 is 11.3 Å². The number of methoxy groups -OCH3 is 1. The molecule has 9 heteroatoms. The lowest BCUT2D eigenvalue weighted by molar-refractivity contribution is -0.127. The Labute approximate surface area is 218 Å². The van der Waals surface area contributed by atoms with Gasteiger partial charge in [0.25, 0.3) is 17.4 Å². The lowest BCUT2D eigenvalue weighted by atomic mass is 9.94. The maximum atomic E-state index is 14.1. The molecule has 0 spiro atoms. The highest BCUT2D eigenvalue weighted by molar-refractivity contribution is 7.07. The molecular weight excluding hydrogens is 488 g/mol. The number of para-hydroxylation sites is 1. The molecular formula is C28H28N4O4S. The molecule has 3 aromatic rings. The van der Waals surface area contributed by atoms with Gasteiger partial charge in [-0.15, -0.1) is 0 Å². The van der Waals surface area contributed by atoms with Crippen LogP contribution in [0.5, 0.6) is 5.75 Å². The highest BCUT2D eigenvalue weighted by Crippen LogP contribution is 2.36. The van der Waals surface area contributed by atoms with Gasteiger partial charge in [0.2, 0.25) is 0 Å². The highest BCUT2D eigenvalue weighted by Gasteiger charge is 2.36. The van der Waals surface area contributed by atoms with Gasteiger partial charge in [-0.1, -0.05) is 41.2 Å². The van der Waals surface area contributed by atoms with Crippen molar-refractivity contribution in [3.05, 3.63) is 90.1 Å². The molecule has 8 nitrogen and oxygen atoms in total. The zero-order valence-corrected chi connectivity index (χ0v) is 22.2. The molecule has 5 rings (SSSR count). The van der Waals surface area contributed by atoms with Crippen molar-refractivity contribution >= 4 is 34.4 Å². The molecule has 2 amide bonds. The lowest BCUT2D eigenvalue weighted by Gasteiger charge is -2.29. The number of likely N-dealkylation sites (N-methyl/N-ethyl adjacent to an activating group) is 1. The standard InChI is InChI=1S/C28H28N4O4S/c1-6-31(7-2)26(34)21-16(4)29-28-32(23(21)17-10-8-9-11-20(17)36-5)27(35)24(37-28)22-18-14-15(3)12-13-19(18)30-25(22)33/h8-14,23H,6-7H2,1-5H3,(H,30,33)/b24-22+/t23-/m1/s1. The number of allylic oxidation sites excluding steroid dienone is 1. The number of carbonyl (C=O) groups excluding carboxylic acids is 2. The van der Waals surface area contributed by atoms with Crippen molar-refractivity contribution < 1.29 is 14.3 Å². The molecule has 0 bridgehead atoms. The fourth-order valence-electron chi connectivity index (χ4n) is 5.02. The van der Waals surface area contributed by atoms with Crippen LogP contribution in [-0.2, 0) is 9.59 Å². The van der Waals surface area contributed by atoms with Crippen molar-refractivity contribution in [1.82, 2.24) is 9.47 Å². The summed E-state index contributed by atoms with van der Waals surface area (Å²) in [4.78, 5) is 47.8. The summed E-state index contributed by atoms with van der Waals surface area (Å²) < 4.78 is 7.49. The van der Waals surface area contributed by atoms with E-state index in [1.54, 1.807) is 18.9 Å². The van der Waals surface area contributed by atoms with Gasteiger partial charge in [0.15, 0.2) is 4.80 Å². The van der Waals surface area contributed by atoms with Gasteiger partial charge in [-0.25, -0.2) is 4.99 Å². The number of rotatable bonds is 5. The molecule has 0 saturated carbocycles. The topological polar surface area (TPSA) is 93.0 Å². The van der Waals surface area contributed by atoms with E-state index >= 15 is 0 Å². The third-order valence-corrected chi connectivity index (χ3v) is 7.91. The molecule has 1 aromatic heterocycles. The third kappa shape index (κ3) is 3.90. The first-order valence-electron chi connectivity index (χ1n) is 12.2. The van der Waals surface area contributed by atoms with Crippen LogP contribution in [0.15, 0.2) is 63.5 Å². The zero-order chi connectivity index (χ0) is 26.4. The van der Waals surface area contributed by atoms with Crippen molar-refractivity contribution in [3.63, 3.8) is 0 Å². The number of aryl methyl sites for hydroxylation is 1. The second-order valence-electron chi connectivity index (χ2n) is 9.00. The maximum Gasteiger partial charge on any atom is 0.271 e. The molecule has 2 aromatic carbocycles. The number of amides is 2. The number of ether oxygens (including phenoxy) is 1. The Morgan fingerprint density at radius 3 is 2.57 bits per heavy atom. The molecule has 0 fully saturated rings. The second-order valence-corrected chi connectivity index (χ2v) is 9.98. The predicted molar refractivity (Wildman–Crippen MR) is 143 cm³/mol. The summed E-state index contributed by atoms with van der Waals surface area (Å²) >= 11 is 1.17. The normalized spacial score (nSPS) is 17.6. The largest absolute Gasteiger partial charge is 0.496 e. The van der Waals surface area contributed by atoms with E-state index in [1.807, 2.05) is 63.2 Å². The molecule has 1 N–H and O–H groups in total. The molecule has 37 heavy (non-hydrogen) atoms. The minimum Gasteiger partial charge on any atom is -0.496 e. The van der Waals surface area contributed by atoms with Gasteiger partial charge in [0.1, 0.15) is 16.3 Å². The van der Waals surface area contributed by atoms with E-state index in [0.717, 1.165) is 5.56 Å². The van der Waals surface area contributed by atoms with Gasteiger partial charge < -0.3 is 15.0 Å². The average Bonchev–Trinajstić information content (AvgIpc) is 3.38. The Balaban J connectivity index is 1.85. The number of thiazole rings is 1. The van der Waals surface area contributed by atoms with Gasteiger partial charge in [-0.05, 0) is 45.9 Å². The minimum atomic E-state index is -0.753. The molecule has 0 aliphatic carbocycles. The van der Waals surface area contributed by atoms with E-state index in [9.17, 15) is 14.4 Å². The van der Waals surface area contributed by atoms with Crippen LogP contribution in [0.4, 0.5) is 5.69 Å². The van der Waals surface area contributed by atoms with E-state index in [2.05, 4.69) is 5.32 Å². The first kappa shape index (κ1) is 24.7. The van der Waals surface area contributed by atoms with Crippen LogP contribution in [0.25, 0.3) is 5.57 Å². The summed E-state index contributed by atoms with van der Waals surface area (Å²) in [6.07, 6.45) is 0. The number of carbonyl (C=O) groups is 2. The molecule has 2 aliphatic heterocycles. The van der Waals surface area contributed by atoms with Crippen molar-refractivity contribution in [2.75, 3.05) is 25.5 Å². The Bertz CT molecular complexity index is 1660. The zero-order valence-electron chi connectivity index (χ0n) is 21.4. The van der Waals surface area contributed by atoms with Crippen molar-refractivity contribution in [2.24, 2.45) is 4.99 Å². The van der Waals surface area contributed by atoms with Crippen molar-refractivity contribution in [2.45, 2.75) is 33.7 Å². The summed E-state index contributed by atoms with van der Waals surface area (Å²) in [5.41, 5.74) is 3.96. The van der Waals surface area contributed by atoms with E-state index in [4.69, 9.17) is 9.73 Å². The fourth-order valence-corrected chi connectivity index (χ4v) is 6.16. The van der Waals surface area contributed by atoms with Gasteiger partial charge in [0.05, 0.1) is 24.0 Å². The third-order valence-electron chi connectivity index (χ3n) is 6.86. The maximum absolute atomic E-state index is 14.1. The predicted octanol–water partition coefficient (Wildman–Crippen LogP) is 2.74. The van der Waals surface area contributed by atoms with Gasteiger partial charge in [-0.3, -0.25) is 19.0 Å². The summed E-state index contributed by atoms with van der Waals surface area (Å²) in [6, 6.07) is 12.3. The fraction of sp³-hybridized carbons (Fsp3) is 0.286. The van der Waals surface area contributed by atoms with E-state index in [-0.39, 0.29) is 17.4 Å². The molecule has 0 unspecified atom stereocenters. The Morgan fingerprint density at radius 1 is 1.14 bits per heavy atom. The van der Waals surface area contributed by atoms with E-state index < -0.39 is 6.04 Å². The summed E-state index contributed by atoms with van der Waals surface area (Å²) in [5, 5.41) is 2.87. The van der Waals surface area contributed by atoms with Gasteiger partial charge >= 0.3 is 0 Å². The van der Waals surface area contributed by atoms with Gasteiger partial charge in [-0.2, -0.15) is 0 Å². The number of nitrogens with one attached hydrogen (secondary N) is 1. The van der Waals surface area contributed by atoms with Crippen LogP contribution in [-0.4, -0.2) is 41.5 Å². The van der Waals surface area contributed by atoms with Crippen molar-refractivity contribution in [1.29, 1.82) is 0 Å². The Kier molecular flexibility index (Phi) is 6.33. The quantitative estimate of drug-likeness (QED) is 0.565. The van der Waals surface area contributed by atoms with Crippen molar-refractivity contribution in [3.8, 4) is 5.75 Å². The SMILES string of the molecule is CCN(CC)C(=O)C1=C(C)N=c2s/c(=C3/C(=O)Nc4ccc(C)cc43)c(=O)n2[C@@H]1c1ccccc1OC. The summed E-state index contributed by atoms with van der Waals surface area (Å²) in [6.45, 7) is 8.62. The van der Waals surface area contributed by atoms with Crippen LogP contribution in [0.3, 0.4) is 0 Å². The second kappa shape index (κ2) is 9.48. The number of nitrogens with zero attached hydrogens (tertiary/aromatic N) is 3. The van der Waals surface area contributed by atoms with E-state index in [0.29, 0.717) is 61.8 Å². The average molecular weight is 517 g/mol. The van der Waals surface area contributed by atoms with Crippen LogP contribution in [0.2, 0.25) is 0 Å². The molecule has 3 heterocycles. The van der Waals surface area contributed by atoms with Crippen LogP contribution < -0.4 is 24.9 Å². The summed E-state index contributed by atoms with van der Waals surface area (Å²) in [7, 11) is 1.56. The first-order valence-corrected chi connectivity index (χ1v) is 13.0. The monoisotopic (exact) mass is 516 g/mol. The number of aromatic nitrogens is 1. The summed E-state index contributed by atoms with van der Waals surface area (Å²) in [5.74, 6) is 0.0550. The lowest BCUT2D eigenvalue weighted by Crippen LogP contribution is -2.43. The smallest absolute Gasteiger partial charge is 0.271 e. The highest BCUT2D eigenvalue weighted by atomic mass is 32.1.